The third-order valence-electron chi connectivity index (χ3n) is 2.80. The van der Waals surface area contributed by atoms with E-state index < -0.39 is 0 Å². The Morgan fingerprint density at radius 3 is 2.86 bits per heavy atom. The van der Waals surface area contributed by atoms with Crippen molar-refractivity contribution in [3.63, 3.8) is 0 Å². The number of benzene rings is 1. The molecule has 2 nitrogen and oxygen atoms in total. The number of ether oxygens (including phenoxy) is 2. The molecule has 1 saturated heterocycles. The molecule has 1 aromatic carbocycles. The van der Waals surface area contributed by atoms with E-state index >= 15 is 0 Å². The molecule has 0 bridgehead atoms. The fourth-order valence-corrected chi connectivity index (χ4v) is 2.12. The van der Waals surface area contributed by atoms with Crippen LogP contribution >= 0.6 is 0 Å². The van der Waals surface area contributed by atoms with E-state index in [1.807, 2.05) is 0 Å². The van der Waals surface area contributed by atoms with Gasteiger partial charge in [0, 0.05) is 12.0 Å². The van der Waals surface area contributed by atoms with E-state index in [-0.39, 0.29) is 5.60 Å². The van der Waals surface area contributed by atoms with Crippen LogP contribution in [0.25, 0.3) is 0 Å². The van der Waals surface area contributed by atoms with Crippen LogP contribution in [0.2, 0.25) is 0 Å². The molecule has 1 fully saturated rings. The van der Waals surface area contributed by atoms with Gasteiger partial charge in [-0.3, -0.25) is 0 Å². The Labute approximate surface area is 83.8 Å². The average molecular weight is 190 g/mol. The maximum atomic E-state index is 5.95. The SMILES string of the molecule is CC1(C)Cc2cccc(C3CO3)c2O1. The molecule has 0 spiro atoms. The van der Waals surface area contributed by atoms with Crippen molar-refractivity contribution in [2.24, 2.45) is 0 Å². The summed E-state index contributed by atoms with van der Waals surface area (Å²) in [5.74, 6) is 1.07. The van der Waals surface area contributed by atoms with Crippen molar-refractivity contribution in [2.75, 3.05) is 6.61 Å². The van der Waals surface area contributed by atoms with E-state index in [0.29, 0.717) is 6.10 Å². The van der Waals surface area contributed by atoms with Crippen molar-refractivity contribution in [1.29, 1.82) is 0 Å². The smallest absolute Gasteiger partial charge is 0.129 e. The highest BCUT2D eigenvalue weighted by Gasteiger charge is 2.36. The second kappa shape index (κ2) is 2.51. The molecule has 0 saturated carbocycles. The van der Waals surface area contributed by atoms with Crippen molar-refractivity contribution in [3.8, 4) is 5.75 Å². The number of rotatable bonds is 1. The first-order chi connectivity index (χ1) is 6.66. The zero-order valence-corrected chi connectivity index (χ0v) is 8.54. The van der Waals surface area contributed by atoms with Crippen LogP contribution in [0.4, 0.5) is 0 Å². The third-order valence-corrected chi connectivity index (χ3v) is 2.80. The van der Waals surface area contributed by atoms with Crippen molar-refractivity contribution in [2.45, 2.75) is 32.0 Å². The summed E-state index contributed by atoms with van der Waals surface area (Å²) in [5, 5.41) is 0. The van der Waals surface area contributed by atoms with Gasteiger partial charge >= 0.3 is 0 Å². The number of fused-ring (bicyclic) bond motifs is 1. The molecule has 74 valence electrons. The fourth-order valence-electron chi connectivity index (χ4n) is 2.12. The average Bonchev–Trinajstić information content (AvgIpc) is 2.86. The molecule has 3 rings (SSSR count). The summed E-state index contributed by atoms with van der Waals surface area (Å²) in [7, 11) is 0. The normalized spacial score (nSPS) is 26.9. The quantitative estimate of drug-likeness (QED) is 0.634. The third kappa shape index (κ3) is 1.22. The summed E-state index contributed by atoms with van der Waals surface area (Å²) in [6, 6.07) is 6.36. The Morgan fingerprint density at radius 2 is 2.14 bits per heavy atom. The van der Waals surface area contributed by atoms with E-state index in [1.165, 1.54) is 11.1 Å². The summed E-state index contributed by atoms with van der Waals surface area (Å²) >= 11 is 0. The molecule has 14 heavy (non-hydrogen) atoms. The van der Waals surface area contributed by atoms with Gasteiger partial charge in [0.05, 0.1) is 6.61 Å². The van der Waals surface area contributed by atoms with E-state index in [4.69, 9.17) is 9.47 Å². The molecule has 0 amide bonds. The zero-order valence-electron chi connectivity index (χ0n) is 8.54. The van der Waals surface area contributed by atoms with Crippen LogP contribution in [0.3, 0.4) is 0 Å². The summed E-state index contributed by atoms with van der Waals surface area (Å²) in [5.41, 5.74) is 2.50. The van der Waals surface area contributed by atoms with Crippen LogP contribution in [0.1, 0.15) is 31.1 Å². The molecule has 0 N–H and O–H groups in total. The molecular formula is C12H14O2. The van der Waals surface area contributed by atoms with Crippen molar-refractivity contribution < 1.29 is 9.47 Å². The number of epoxide rings is 1. The van der Waals surface area contributed by atoms with Crippen LogP contribution in [-0.4, -0.2) is 12.2 Å². The predicted octanol–water partition coefficient (Wildman–Crippen LogP) is 2.47. The van der Waals surface area contributed by atoms with E-state index in [1.54, 1.807) is 0 Å². The van der Waals surface area contributed by atoms with Gasteiger partial charge in [-0.1, -0.05) is 18.2 Å². The molecule has 2 aliphatic heterocycles. The molecule has 2 heteroatoms. The Morgan fingerprint density at radius 1 is 1.36 bits per heavy atom. The lowest BCUT2D eigenvalue weighted by Gasteiger charge is -2.17. The van der Waals surface area contributed by atoms with Gasteiger partial charge in [-0.15, -0.1) is 0 Å². The van der Waals surface area contributed by atoms with Crippen molar-refractivity contribution in [1.82, 2.24) is 0 Å². The molecular weight excluding hydrogens is 176 g/mol. The Hall–Kier alpha value is -1.02. The minimum atomic E-state index is -0.0483. The summed E-state index contributed by atoms with van der Waals surface area (Å²) in [6.07, 6.45) is 1.29. The van der Waals surface area contributed by atoms with Crippen LogP contribution in [0.5, 0.6) is 5.75 Å². The van der Waals surface area contributed by atoms with E-state index in [9.17, 15) is 0 Å². The minimum Gasteiger partial charge on any atom is -0.487 e. The highest BCUT2D eigenvalue weighted by atomic mass is 16.6. The molecule has 1 atom stereocenters. The Kier molecular flexibility index (Phi) is 1.49. The van der Waals surface area contributed by atoms with E-state index in [2.05, 4.69) is 32.0 Å². The van der Waals surface area contributed by atoms with Gasteiger partial charge in [-0.25, -0.2) is 0 Å². The highest BCUT2D eigenvalue weighted by molar-refractivity contribution is 5.47. The van der Waals surface area contributed by atoms with Gasteiger partial charge < -0.3 is 9.47 Å². The standard InChI is InChI=1S/C12H14O2/c1-12(2)6-8-4-3-5-9(10-7-13-10)11(8)14-12/h3-5,10H,6-7H2,1-2H3. The van der Waals surface area contributed by atoms with Gasteiger partial charge in [0.2, 0.25) is 0 Å². The lowest BCUT2D eigenvalue weighted by atomic mass is 10.00. The number of para-hydroxylation sites is 1. The predicted molar refractivity (Wildman–Crippen MR) is 53.5 cm³/mol. The second-order valence-corrected chi connectivity index (χ2v) is 4.70. The largest absolute Gasteiger partial charge is 0.487 e. The lowest BCUT2D eigenvalue weighted by molar-refractivity contribution is 0.136. The molecule has 1 aromatic rings. The van der Waals surface area contributed by atoms with E-state index in [0.717, 1.165) is 18.8 Å². The van der Waals surface area contributed by atoms with Gasteiger partial charge in [-0.2, -0.15) is 0 Å². The Balaban J connectivity index is 2.06. The van der Waals surface area contributed by atoms with Crippen LogP contribution < -0.4 is 4.74 Å². The molecule has 2 heterocycles. The maximum Gasteiger partial charge on any atom is 0.129 e. The van der Waals surface area contributed by atoms with Gasteiger partial charge in [0.1, 0.15) is 17.5 Å². The maximum absolute atomic E-state index is 5.95. The first-order valence-electron chi connectivity index (χ1n) is 5.08. The Bertz CT molecular complexity index is 378. The number of hydrogen-bond donors (Lipinski definition) is 0. The molecule has 1 unspecified atom stereocenters. The van der Waals surface area contributed by atoms with Gasteiger partial charge in [0.15, 0.2) is 0 Å². The number of hydrogen-bond acceptors (Lipinski definition) is 2. The second-order valence-electron chi connectivity index (χ2n) is 4.70. The van der Waals surface area contributed by atoms with Crippen LogP contribution in [-0.2, 0) is 11.2 Å². The molecule has 0 radical (unpaired) electrons. The first-order valence-corrected chi connectivity index (χ1v) is 5.08. The van der Waals surface area contributed by atoms with Crippen LogP contribution in [0, 0.1) is 0 Å². The van der Waals surface area contributed by atoms with Crippen molar-refractivity contribution in [3.05, 3.63) is 29.3 Å². The monoisotopic (exact) mass is 190 g/mol. The molecule has 0 aliphatic carbocycles. The van der Waals surface area contributed by atoms with Crippen LogP contribution in [0.15, 0.2) is 18.2 Å². The zero-order chi connectivity index (χ0) is 9.76. The van der Waals surface area contributed by atoms with Gasteiger partial charge in [-0.05, 0) is 19.4 Å². The van der Waals surface area contributed by atoms with Crippen molar-refractivity contribution >= 4 is 0 Å². The summed E-state index contributed by atoms with van der Waals surface area (Å²) < 4.78 is 11.3. The summed E-state index contributed by atoms with van der Waals surface area (Å²) in [4.78, 5) is 0. The summed E-state index contributed by atoms with van der Waals surface area (Å²) in [6.45, 7) is 5.11. The lowest BCUT2D eigenvalue weighted by Crippen LogP contribution is -2.24. The first kappa shape index (κ1) is 8.30. The van der Waals surface area contributed by atoms with Gasteiger partial charge in [0.25, 0.3) is 0 Å². The fraction of sp³-hybridized carbons (Fsp3) is 0.500. The highest BCUT2D eigenvalue weighted by Crippen LogP contribution is 2.44. The topological polar surface area (TPSA) is 21.8 Å². The molecule has 2 aliphatic rings. The molecule has 0 aromatic heterocycles. The minimum absolute atomic E-state index is 0.0483.